The van der Waals surface area contributed by atoms with Crippen LogP contribution in [0.25, 0.3) is 0 Å². The van der Waals surface area contributed by atoms with Crippen molar-refractivity contribution in [3.05, 3.63) is 30.3 Å². The summed E-state index contributed by atoms with van der Waals surface area (Å²) in [6.45, 7) is 2.20. The molecule has 1 fully saturated rings. The second-order valence-electron chi connectivity index (χ2n) is 4.67. The van der Waals surface area contributed by atoms with Crippen LogP contribution >= 0.6 is 0 Å². The van der Waals surface area contributed by atoms with Crippen molar-refractivity contribution in [2.24, 2.45) is 0 Å². The number of carbonyl (C=O) groups is 2. The first-order valence-corrected chi connectivity index (χ1v) is 6.59. The molecule has 2 rings (SSSR count). The van der Waals surface area contributed by atoms with E-state index in [1.54, 1.807) is 12.1 Å². The summed E-state index contributed by atoms with van der Waals surface area (Å²) >= 11 is 0. The number of hydrogen-bond acceptors (Lipinski definition) is 3. The van der Waals surface area contributed by atoms with Crippen molar-refractivity contribution in [1.29, 1.82) is 0 Å². The molecule has 1 aliphatic rings. The molecule has 6 nitrogen and oxygen atoms in total. The van der Waals surface area contributed by atoms with E-state index < -0.39 is 12.2 Å². The van der Waals surface area contributed by atoms with Crippen molar-refractivity contribution in [2.45, 2.75) is 25.5 Å². The Labute approximate surface area is 117 Å². The standard InChI is InChI=1S/C14H18N2O4/c1-2-11-9-20-12(8-16(11)14(18)19)13(17)15-10-6-4-3-5-7-10/h3-7,11-12H,2,8-9H2,1H3,(H,15,17)(H,18,19)/t11-,12+/m1/s1. The molecule has 0 unspecified atom stereocenters. The van der Waals surface area contributed by atoms with E-state index in [4.69, 9.17) is 9.84 Å². The van der Waals surface area contributed by atoms with Gasteiger partial charge in [-0.3, -0.25) is 9.69 Å². The SMILES string of the molecule is CC[C@@H]1CO[C@H](C(=O)Nc2ccccc2)CN1C(=O)O. The number of benzene rings is 1. The summed E-state index contributed by atoms with van der Waals surface area (Å²) in [4.78, 5) is 24.5. The van der Waals surface area contributed by atoms with Gasteiger partial charge in [-0.05, 0) is 18.6 Å². The lowest BCUT2D eigenvalue weighted by atomic mass is 10.1. The van der Waals surface area contributed by atoms with E-state index in [-0.39, 0.29) is 25.1 Å². The highest BCUT2D eigenvalue weighted by atomic mass is 16.5. The summed E-state index contributed by atoms with van der Waals surface area (Å²) in [7, 11) is 0. The molecule has 1 aromatic rings. The van der Waals surface area contributed by atoms with Gasteiger partial charge in [0.05, 0.1) is 19.2 Å². The van der Waals surface area contributed by atoms with E-state index >= 15 is 0 Å². The average Bonchev–Trinajstić information content (AvgIpc) is 2.47. The van der Waals surface area contributed by atoms with Crippen molar-refractivity contribution < 1.29 is 19.4 Å². The highest BCUT2D eigenvalue weighted by Gasteiger charge is 2.34. The Hall–Kier alpha value is -2.08. The molecule has 2 atom stereocenters. The molecule has 1 aromatic carbocycles. The summed E-state index contributed by atoms with van der Waals surface area (Å²) in [5.41, 5.74) is 0.667. The Morgan fingerprint density at radius 2 is 2.10 bits per heavy atom. The summed E-state index contributed by atoms with van der Waals surface area (Å²) in [6.07, 6.45) is -1.12. The zero-order valence-electron chi connectivity index (χ0n) is 11.3. The minimum absolute atomic E-state index is 0.0620. The lowest BCUT2D eigenvalue weighted by molar-refractivity contribution is -0.135. The molecule has 0 spiro atoms. The van der Waals surface area contributed by atoms with Crippen LogP contribution in [-0.2, 0) is 9.53 Å². The molecular weight excluding hydrogens is 260 g/mol. The van der Waals surface area contributed by atoms with Crippen molar-refractivity contribution in [2.75, 3.05) is 18.5 Å². The Morgan fingerprint density at radius 1 is 1.40 bits per heavy atom. The Kier molecular flexibility index (Phi) is 4.57. The van der Waals surface area contributed by atoms with E-state index in [1.807, 2.05) is 25.1 Å². The van der Waals surface area contributed by atoms with Crippen molar-refractivity contribution >= 4 is 17.7 Å². The second kappa shape index (κ2) is 6.38. The van der Waals surface area contributed by atoms with Crippen molar-refractivity contribution in [1.82, 2.24) is 4.90 Å². The molecule has 1 aliphatic heterocycles. The van der Waals surface area contributed by atoms with Gasteiger partial charge in [0.1, 0.15) is 0 Å². The largest absolute Gasteiger partial charge is 0.465 e. The van der Waals surface area contributed by atoms with E-state index in [2.05, 4.69) is 5.32 Å². The highest BCUT2D eigenvalue weighted by Crippen LogP contribution is 2.16. The van der Waals surface area contributed by atoms with Gasteiger partial charge in [-0.25, -0.2) is 4.79 Å². The van der Waals surface area contributed by atoms with Gasteiger partial charge in [-0.1, -0.05) is 25.1 Å². The molecule has 6 heteroatoms. The summed E-state index contributed by atoms with van der Waals surface area (Å²) in [6, 6.07) is 8.83. The molecule has 0 saturated carbocycles. The van der Waals surface area contributed by atoms with Gasteiger partial charge < -0.3 is 15.2 Å². The zero-order chi connectivity index (χ0) is 14.5. The van der Waals surface area contributed by atoms with E-state index in [9.17, 15) is 9.59 Å². The van der Waals surface area contributed by atoms with Crippen LogP contribution in [0.4, 0.5) is 10.5 Å². The third-order valence-electron chi connectivity index (χ3n) is 3.34. The van der Waals surface area contributed by atoms with Crippen LogP contribution < -0.4 is 5.32 Å². The Balaban J connectivity index is 1.99. The number of morpholine rings is 1. The van der Waals surface area contributed by atoms with Gasteiger partial charge in [0, 0.05) is 5.69 Å². The van der Waals surface area contributed by atoms with Crippen LogP contribution in [-0.4, -0.2) is 47.3 Å². The second-order valence-corrected chi connectivity index (χ2v) is 4.67. The molecule has 1 saturated heterocycles. The van der Waals surface area contributed by atoms with Crippen LogP contribution in [0.15, 0.2) is 30.3 Å². The summed E-state index contributed by atoms with van der Waals surface area (Å²) < 4.78 is 5.48. The number of rotatable bonds is 3. The van der Waals surface area contributed by atoms with Crippen LogP contribution in [0.2, 0.25) is 0 Å². The van der Waals surface area contributed by atoms with E-state index in [0.29, 0.717) is 12.1 Å². The fourth-order valence-electron chi connectivity index (χ4n) is 2.17. The molecule has 1 heterocycles. The van der Waals surface area contributed by atoms with Crippen LogP contribution in [0, 0.1) is 0 Å². The summed E-state index contributed by atoms with van der Waals surface area (Å²) in [5.74, 6) is -0.322. The third-order valence-corrected chi connectivity index (χ3v) is 3.34. The fourth-order valence-corrected chi connectivity index (χ4v) is 2.17. The predicted molar refractivity (Wildman–Crippen MR) is 73.6 cm³/mol. The monoisotopic (exact) mass is 278 g/mol. The molecular formula is C14H18N2O4. The quantitative estimate of drug-likeness (QED) is 0.883. The first kappa shape index (κ1) is 14.3. The molecule has 0 aliphatic carbocycles. The maximum Gasteiger partial charge on any atom is 0.407 e. The maximum absolute atomic E-state index is 12.1. The van der Waals surface area contributed by atoms with Crippen LogP contribution in [0.3, 0.4) is 0 Å². The fraction of sp³-hybridized carbons (Fsp3) is 0.429. The van der Waals surface area contributed by atoms with E-state index in [1.165, 1.54) is 4.90 Å². The van der Waals surface area contributed by atoms with Gasteiger partial charge in [0.2, 0.25) is 0 Å². The van der Waals surface area contributed by atoms with Gasteiger partial charge >= 0.3 is 6.09 Å². The molecule has 2 N–H and O–H groups in total. The number of nitrogens with one attached hydrogen (secondary N) is 1. The molecule has 0 bridgehead atoms. The first-order valence-electron chi connectivity index (χ1n) is 6.59. The molecule has 108 valence electrons. The smallest absolute Gasteiger partial charge is 0.407 e. The number of carbonyl (C=O) groups excluding carboxylic acids is 1. The zero-order valence-corrected chi connectivity index (χ0v) is 11.3. The molecule has 20 heavy (non-hydrogen) atoms. The Bertz CT molecular complexity index is 477. The number of amides is 2. The van der Waals surface area contributed by atoms with Crippen molar-refractivity contribution in [3.63, 3.8) is 0 Å². The number of para-hydroxylation sites is 1. The molecule has 0 radical (unpaired) electrons. The topological polar surface area (TPSA) is 78.9 Å². The normalized spacial score (nSPS) is 22.4. The molecule has 0 aromatic heterocycles. The van der Waals surface area contributed by atoms with Crippen LogP contribution in [0.5, 0.6) is 0 Å². The number of ether oxygens (including phenoxy) is 1. The lowest BCUT2D eigenvalue weighted by Crippen LogP contribution is -2.54. The minimum atomic E-state index is -1.02. The van der Waals surface area contributed by atoms with Gasteiger partial charge in [0.25, 0.3) is 5.91 Å². The number of hydrogen-bond donors (Lipinski definition) is 2. The first-order chi connectivity index (χ1) is 9.61. The van der Waals surface area contributed by atoms with Gasteiger partial charge in [-0.2, -0.15) is 0 Å². The Morgan fingerprint density at radius 3 is 2.70 bits per heavy atom. The number of nitrogens with zero attached hydrogens (tertiary/aromatic N) is 1. The average molecular weight is 278 g/mol. The molecule has 2 amide bonds. The third kappa shape index (κ3) is 3.27. The van der Waals surface area contributed by atoms with Crippen LogP contribution in [0.1, 0.15) is 13.3 Å². The minimum Gasteiger partial charge on any atom is -0.465 e. The van der Waals surface area contributed by atoms with Gasteiger partial charge in [0.15, 0.2) is 6.10 Å². The van der Waals surface area contributed by atoms with Crippen molar-refractivity contribution in [3.8, 4) is 0 Å². The highest BCUT2D eigenvalue weighted by molar-refractivity contribution is 5.94. The van der Waals surface area contributed by atoms with Gasteiger partial charge in [-0.15, -0.1) is 0 Å². The number of anilines is 1. The lowest BCUT2D eigenvalue weighted by Gasteiger charge is -2.36. The number of carboxylic acid groups (broad SMARTS) is 1. The summed E-state index contributed by atoms with van der Waals surface area (Å²) in [5, 5.41) is 11.9. The maximum atomic E-state index is 12.1. The van der Waals surface area contributed by atoms with E-state index in [0.717, 1.165) is 0 Å². The predicted octanol–water partition coefficient (Wildman–Crippen LogP) is 1.78.